The van der Waals surface area contributed by atoms with Crippen LogP contribution in [0.3, 0.4) is 0 Å². The summed E-state index contributed by atoms with van der Waals surface area (Å²) in [4.78, 5) is 0. The Hall–Kier alpha value is 0.0906. The minimum Gasteiger partial charge on any atom is -0.414 e. The Morgan fingerprint density at radius 1 is 0.806 bits per heavy atom. The van der Waals surface area contributed by atoms with Crippen molar-refractivity contribution in [3.05, 3.63) is 0 Å². The Bertz CT molecular complexity index is 568. The topological polar surface area (TPSA) is 38.7 Å². The van der Waals surface area contributed by atoms with E-state index in [2.05, 4.69) is 107 Å². The van der Waals surface area contributed by atoms with Crippen LogP contribution in [0.5, 0.6) is 0 Å². The lowest BCUT2D eigenvalue weighted by atomic mass is 10.1. The predicted octanol–water partition coefficient (Wildman–Crippen LogP) is 7.59. The second-order valence-electron chi connectivity index (χ2n) is 12.7. The van der Waals surface area contributed by atoms with Crippen molar-refractivity contribution < 1.29 is 14.0 Å². The first-order chi connectivity index (χ1) is 13.8. The summed E-state index contributed by atoms with van der Waals surface area (Å²) in [5.41, 5.74) is 5.13. The van der Waals surface area contributed by atoms with Gasteiger partial charge in [-0.1, -0.05) is 87.9 Å². The fourth-order valence-corrected chi connectivity index (χ4v) is 11.7. The molecule has 0 fully saturated rings. The summed E-state index contributed by atoms with van der Waals surface area (Å²) >= 11 is 0. The van der Waals surface area contributed by atoms with Gasteiger partial charge in [0.1, 0.15) is 14.2 Å². The predicted molar refractivity (Wildman–Crippen MR) is 145 cm³/mol. The van der Waals surface area contributed by atoms with Gasteiger partial charge in [-0.2, -0.15) is 0 Å². The molecule has 0 unspecified atom stereocenters. The maximum absolute atomic E-state index is 9.78. The molecule has 0 saturated carbocycles. The van der Waals surface area contributed by atoms with Gasteiger partial charge in [0, 0.05) is 13.0 Å². The third kappa shape index (κ3) is 9.46. The van der Waals surface area contributed by atoms with Crippen molar-refractivity contribution in [1.82, 2.24) is 0 Å². The van der Waals surface area contributed by atoms with Gasteiger partial charge in [-0.25, -0.2) is 0 Å². The van der Waals surface area contributed by atoms with E-state index in [9.17, 15) is 5.11 Å². The van der Waals surface area contributed by atoms with Gasteiger partial charge in [-0.05, 0) is 41.2 Å². The molecule has 1 N–H and O–H groups in total. The molecule has 0 aromatic rings. The third-order valence-electron chi connectivity index (χ3n) is 6.86. The molecule has 2 atom stereocenters. The van der Waals surface area contributed by atoms with E-state index < -0.39 is 24.7 Å². The van der Waals surface area contributed by atoms with Crippen LogP contribution in [0.1, 0.15) is 75.2 Å². The zero-order valence-electron chi connectivity index (χ0n) is 23.3. The van der Waals surface area contributed by atoms with Gasteiger partial charge in [0.25, 0.3) is 0 Å². The zero-order valence-corrected chi connectivity index (χ0v) is 26.3. The SMILES string of the molecule is CC(C)[Si](O[C@@H](C#C[Si](C)(C)C)C[C@H](CCO)O[Si](C)(C)C(C)(C)C)(C(C)C)C(C)C. The summed E-state index contributed by atoms with van der Waals surface area (Å²) in [5.74, 6) is 3.57. The van der Waals surface area contributed by atoms with E-state index in [1.54, 1.807) is 0 Å². The molecule has 3 nitrogen and oxygen atoms in total. The molecule has 0 amide bonds. The molecule has 0 rings (SSSR count). The first-order valence-corrected chi connectivity index (χ1v) is 20.8. The van der Waals surface area contributed by atoms with Crippen LogP contribution in [0.4, 0.5) is 0 Å². The minimum absolute atomic E-state index is 0.0231. The Labute approximate surface area is 198 Å². The largest absolute Gasteiger partial charge is 0.414 e. The second kappa shape index (κ2) is 12.0. The van der Waals surface area contributed by atoms with Crippen molar-refractivity contribution in [1.29, 1.82) is 0 Å². The molecule has 0 aromatic heterocycles. The lowest BCUT2D eigenvalue weighted by molar-refractivity contribution is 0.0935. The number of hydrogen-bond acceptors (Lipinski definition) is 3. The fourth-order valence-electron chi connectivity index (χ4n) is 4.29. The number of rotatable bonds is 11. The average molecular weight is 487 g/mol. The summed E-state index contributed by atoms with van der Waals surface area (Å²) in [6.07, 6.45) is 1.23. The van der Waals surface area contributed by atoms with Crippen LogP contribution in [-0.2, 0) is 8.85 Å². The lowest BCUT2D eigenvalue weighted by Gasteiger charge is -2.45. The fraction of sp³-hybridized carbons (Fsp3) is 0.920. The molecule has 0 saturated heterocycles. The molecule has 31 heavy (non-hydrogen) atoms. The van der Waals surface area contributed by atoms with Gasteiger partial charge in [-0.3, -0.25) is 0 Å². The molecule has 0 aliphatic carbocycles. The van der Waals surface area contributed by atoms with Crippen LogP contribution in [-0.4, -0.2) is 48.6 Å². The minimum atomic E-state index is -2.07. The van der Waals surface area contributed by atoms with Gasteiger partial charge < -0.3 is 14.0 Å². The Balaban J connectivity index is 6.13. The van der Waals surface area contributed by atoms with Crippen LogP contribution in [0, 0.1) is 11.5 Å². The van der Waals surface area contributed by atoms with Gasteiger partial charge in [0.15, 0.2) is 8.32 Å². The van der Waals surface area contributed by atoms with Crippen molar-refractivity contribution in [2.75, 3.05) is 6.61 Å². The average Bonchev–Trinajstić information content (AvgIpc) is 2.54. The van der Waals surface area contributed by atoms with Crippen molar-refractivity contribution in [2.45, 2.75) is 142 Å². The van der Waals surface area contributed by atoms with E-state index >= 15 is 0 Å². The van der Waals surface area contributed by atoms with Crippen molar-refractivity contribution in [3.8, 4) is 11.5 Å². The highest BCUT2D eigenvalue weighted by atomic mass is 28.4. The molecule has 0 aromatic carbocycles. The molecule has 0 bridgehead atoms. The molecule has 0 aliphatic heterocycles. The number of hydrogen-bond donors (Lipinski definition) is 1. The van der Waals surface area contributed by atoms with Crippen LogP contribution >= 0.6 is 0 Å². The standard InChI is InChI=1S/C25H54O3Si3/c1-20(2)31(21(3)4,22(5)6)28-24(16-18-29(10,11)12)19-23(15-17-26)27-30(13,14)25(7,8)9/h20-24,26H,15,17,19H2,1-14H3/t23-,24-/m0/s1. The van der Waals surface area contributed by atoms with E-state index in [1.165, 1.54) is 0 Å². The van der Waals surface area contributed by atoms with Gasteiger partial charge >= 0.3 is 0 Å². The van der Waals surface area contributed by atoms with E-state index in [4.69, 9.17) is 8.85 Å². The summed E-state index contributed by atoms with van der Waals surface area (Å²) in [7, 11) is -5.55. The monoisotopic (exact) mass is 486 g/mol. The first-order valence-electron chi connectivity index (χ1n) is 12.3. The van der Waals surface area contributed by atoms with E-state index in [-0.39, 0.29) is 23.9 Å². The van der Waals surface area contributed by atoms with E-state index in [1.807, 2.05) is 0 Å². The second-order valence-corrected chi connectivity index (χ2v) is 27.6. The third-order valence-corrected chi connectivity index (χ3v) is 18.4. The molecule has 184 valence electrons. The van der Waals surface area contributed by atoms with Crippen LogP contribution < -0.4 is 0 Å². The molecule has 0 spiro atoms. The first kappa shape index (κ1) is 31.1. The van der Waals surface area contributed by atoms with Crippen molar-refractivity contribution >= 4 is 24.7 Å². The highest BCUT2D eigenvalue weighted by Gasteiger charge is 2.47. The molecular weight excluding hydrogens is 433 g/mol. The summed E-state index contributed by atoms with van der Waals surface area (Å²) in [6.45, 7) is 32.3. The van der Waals surface area contributed by atoms with Gasteiger partial charge in [0.05, 0.1) is 6.10 Å². The van der Waals surface area contributed by atoms with Crippen LogP contribution in [0.2, 0.25) is 54.4 Å². The Morgan fingerprint density at radius 3 is 1.58 bits per heavy atom. The Morgan fingerprint density at radius 2 is 1.26 bits per heavy atom. The number of aliphatic hydroxyl groups excluding tert-OH is 1. The van der Waals surface area contributed by atoms with Crippen molar-refractivity contribution in [2.24, 2.45) is 0 Å². The van der Waals surface area contributed by atoms with E-state index in [0.29, 0.717) is 23.0 Å². The molecule has 0 heterocycles. The highest BCUT2D eigenvalue weighted by Crippen LogP contribution is 2.44. The Kier molecular flexibility index (Phi) is 12.0. The van der Waals surface area contributed by atoms with Gasteiger partial charge in [0.2, 0.25) is 8.32 Å². The smallest absolute Gasteiger partial charge is 0.202 e. The maximum atomic E-state index is 9.78. The lowest BCUT2D eigenvalue weighted by Crippen LogP contribution is -2.51. The van der Waals surface area contributed by atoms with Crippen LogP contribution in [0.25, 0.3) is 0 Å². The summed E-state index contributed by atoms with van der Waals surface area (Å²) in [6, 6.07) is 0. The van der Waals surface area contributed by atoms with Crippen molar-refractivity contribution in [3.63, 3.8) is 0 Å². The molecule has 0 aliphatic rings. The summed E-state index contributed by atoms with van der Waals surface area (Å²) < 4.78 is 13.9. The maximum Gasteiger partial charge on any atom is 0.202 e. The zero-order chi connectivity index (χ0) is 24.8. The van der Waals surface area contributed by atoms with E-state index in [0.717, 1.165) is 6.42 Å². The van der Waals surface area contributed by atoms with Gasteiger partial charge in [-0.15, -0.1) is 5.54 Å². The normalized spacial score (nSPS) is 15.9. The van der Waals surface area contributed by atoms with Crippen LogP contribution in [0.15, 0.2) is 0 Å². The summed E-state index contributed by atoms with van der Waals surface area (Å²) in [5, 5.41) is 9.91. The molecular formula is C25H54O3Si3. The highest BCUT2D eigenvalue weighted by molar-refractivity contribution is 6.84. The molecule has 0 radical (unpaired) electrons. The molecule has 6 heteroatoms. The quantitative estimate of drug-likeness (QED) is 0.241. The number of aliphatic hydroxyl groups is 1.